The SMILES string of the molecule is CC(Nc1ccc(Cl)cc1Br)c1ccccc1. The fraction of sp³-hybridized carbons (Fsp3) is 0.143. The van der Waals surface area contributed by atoms with Crippen LogP contribution in [0.5, 0.6) is 0 Å². The number of halogens is 2. The molecule has 17 heavy (non-hydrogen) atoms. The van der Waals surface area contributed by atoms with Gasteiger partial charge in [-0.25, -0.2) is 0 Å². The van der Waals surface area contributed by atoms with Crippen molar-refractivity contribution < 1.29 is 0 Å². The molecule has 2 aromatic carbocycles. The van der Waals surface area contributed by atoms with Gasteiger partial charge in [-0.2, -0.15) is 0 Å². The first-order valence-electron chi connectivity index (χ1n) is 5.43. The van der Waals surface area contributed by atoms with Crippen molar-refractivity contribution in [1.29, 1.82) is 0 Å². The van der Waals surface area contributed by atoms with Crippen LogP contribution in [0.4, 0.5) is 5.69 Å². The second-order valence-electron chi connectivity index (χ2n) is 3.90. The summed E-state index contributed by atoms with van der Waals surface area (Å²) in [4.78, 5) is 0. The van der Waals surface area contributed by atoms with Gasteiger partial charge in [0, 0.05) is 21.2 Å². The molecule has 0 fully saturated rings. The van der Waals surface area contributed by atoms with E-state index < -0.39 is 0 Å². The average molecular weight is 311 g/mol. The number of hydrogen-bond donors (Lipinski definition) is 1. The number of rotatable bonds is 3. The number of nitrogens with one attached hydrogen (secondary N) is 1. The standard InChI is InChI=1S/C14H13BrClN/c1-10(11-5-3-2-4-6-11)17-14-8-7-12(16)9-13(14)15/h2-10,17H,1H3. The van der Waals surface area contributed by atoms with Gasteiger partial charge in [-0.1, -0.05) is 41.9 Å². The van der Waals surface area contributed by atoms with Gasteiger partial charge in [-0.15, -0.1) is 0 Å². The maximum atomic E-state index is 5.91. The van der Waals surface area contributed by atoms with Gasteiger partial charge in [0.05, 0.1) is 0 Å². The Morgan fingerprint density at radius 1 is 1.12 bits per heavy atom. The van der Waals surface area contributed by atoms with Crippen molar-refractivity contribution in [1.82, 2.24) is 0 Å². The molecule has 88 valence electrons. The Morgan fingerprint density at radius 3 is 2.47 bits per heavy atom. The topological polar surface area (TPSA) is 12.0 Å². The molecule has 0 aliphatic carbocycles. The lowest BCUT2D eigenvalue weighted by Gasteiger charge is -2.16. The highest BCUT2D eigenvalue weighted by Gasteiger charge is 2.07. The molecule has 2 aromatic rings. The Labute approximate surface area is 115 Å². The molecule has 0 aliphatic rings. The zero-order chi connectivity index (χ0) is 12.3. The average Bonchev–Trinajstić information content (AvgIpc) is 2.34. The summed E-state index contributed by atoms with van der Waals surface area (Å²) >= 11 is 9.41. The molecular weight excluding hydrogens is 298 g/mol. The minimum Gasteiger partial charge on any atom is -0.378 e. The van der Waals surface area contributed by atoms with Crippen LogP contribution in [-0.4, -0.2) is 0 Å². The number of benzene rings is 2. The molecule has 0 aromatic heterocycles. The van der Waals surface area contributed by atoms with E-state index in [2.05, 4.69) is 40.3 Å². The summed E-state index contributed by atoms with van der Waals surface area (Å²) in [6.45, 7) is 2.14. The van der Waals surface area contributed by atoms with Crippen molar-refractivity contribution in [3.8, 4) is 0 Å². The van der Waals surface area contributed by atoms with Gasteiger partial charge < -0.3 is 5.32 Å². The van der Waals surface area contributed by atoms with Crippen LogP contribution in [0.2, 0.25) is 5.02 Å². The van der Waals surface area contributed by atoms with E-state index in [9.17, 15) is 0 Å². The van der Waals surface area contributed by atoms with Crippen LogP contribution < -0.4 is 5.32 Å². The molecule has 1 nitrogen and oxygen atoms in total. The molecule has 1 atom stereocenters. The molecule has 0 aliphatic heterocycles. The smallest absolute Gasteiger partial charge is 0.0490 e. The van der Waals surface area contributed by atoms with Gasteiger partial charge in [0.15, 0.2) is 0 Å². The van der Waals surface area contributed by atoms with Gasteiger partial charge in [-0.3, -0.25) is 0 Å². The van der Waals surface area contributed by atoms with Crippen LogP contribution in [0.1, 0.15) is 18.5 Å². The molecule has 0 radical (unpaired) electrons. The highest BCUT2D eigenvalue weighted by atomic mass is 79.9. The van der Waals surface area contributed by atoms with Crippen molar-refractivity contribution in [2.24, 2.45) is 0 Å². The van der Waals surface area contributed by atoms with E-state index in [0.717, 1.165) is 15.2 Å². The summed E-state index contributed by atoms with van der Waals surface area (Å²) in [6, 6.07) is 16.3. The third-order valence-electron chi connectivity index (χ3n) is 2.60. The summed E-state index contributed by atoms with van der Waals surface area (Å²) in [5.74, 6) is 0. The summed E-state index contributed by atoms with van der Waals surface area (Å²) in [5.41, 5.74) is 2.31. The maximum absolute atomic E-state index is 5.91. The lowest BCUT2D eigenvalue weighted by atomic mass is 10.1. The Balaban J connectivity index is 2.16. The predicted molar refractivity (Wildman–Crippen MR) is 77.6 cm³/mol. The molecular formula is C14H13BrClN. The van der Waals surface area contributed by atoms with E-state index in [1.807, 2.05) is 36.4 Å². The van der Waals surface area contributed by atoms with Gasteiger partial charge in [0.1, 0.15) is 0 Å². The van der Waals surface area contributed by atoms with Crippen LogP contribution in [0, 0.1) is 0 Å². The summed E-state index contributed by atoms with van der Waals surface area (Å²) in [6.07, 6.45) is 0. The van der Waals surface area contributed by atoms with E-state index in [0.29, 0.717) is 0 Å². The first-order valence-corrected chi connectivity index (χ1v) is 6.60. The first kappa shape index (κ1) is 12.5. The highest BCUT2D eigenvalue weighted by molar-refractivity contribution is 9.10. The van der Waals surface area contributed by atoms with Crippen LogP contribution in [-0.2, 0) is 0 Å². The summed E-state index contributed by atoms with van der Waals surface area (Å²) < 4.78 is 0.979. The molecule has 0 heterocycles. The third-order valence-corrected chi connectivity index (χ3v) is 3.49. The Morgan fingerprint density at radius 2 is 1.82 bits per heavy atom. The molecule has 2 rings (SSSR count). The Bertz CT molecular complexity index is 499. The minimum absolute atomic E-state index is 0.258. The van der Waals surface area contributed by atoms with Crippen LogP contribution >= 0.6 is 27.5 Å². The highest BCUT2D eigenvalue weighted by Crippen LogP contribution is 2.28. The maximum Gasteiger partial charge on any atom is 0.0490 e. The van der Waals surface area contributed by atoms with E-state index in [-0.39, 0.29) is 6.04 Å². The molecule has 1 unspecified atom stereocenters. The van der Waals surface area contributed by atoms with Gasteiger partial charge >= 0.3 is 0 Å². The lowest BCUT2D eigenvalue weighted by Crippen LogP contribution is -2.06. The van der Waals surface area contributed by atoms with E-state index in [4.69, 9.17) is 11.6 Å². The monoisotopic (exact) mass is 309 g/mol. The normalized spacial score (nSPS) is 12.2. The number of hydrogen-bond acceptors (Lipinski definition) is 1. The molecule has 0 amide bonds. The number of anilines is 1. The van der Waals surface area contributed by atoms with Gasteiger partial charge in [-0.05, 0) is 46.6 Å². The van der Waals surface area contributed by atoms with Crippen molar-refractivity contribution in [3.05, 3.63) is 63.6 Å². The van der Waals surface area contributed by atoms with Crippen molar-refractivity contribution in [2.45, 2.75) is 13.0 Å². The van der Waals surface area contributed by atoms with E-state index >= 15 is 0 Å². The van der Waals surface area contributed by atoms with Crippen molar-refractivity contribution >= 4 is 33.2 Å². The first-order chi connectivity index (χ1) is 8.16. The molecule has 3 heteroatoms. The molecule has 0 saturated carbocycles. The van der Waals surface area contributed by atoms with Crippen LogP contribution in [0.25, 0.3) is 0 Å². The zero-order valence-electron chi connectivity index (χ0n) is 9.45. The quantitative estimate of drug-likeness (QED) is 0.813. The summed E-state index contributed by atoms with van der Waals surface area (Å²) in [5, 5.41) is 4.18. The molecule has 0 spiro atoms. The van der Waals surface area contributed by atoms with Crippen LogP contribution in [0.15, 0.2) is 53.0 Å². The molecule has 0 bridgehead atoms. The predicted octanol–water partition coefficient (Wildman–Crippen LogP) is 5.28. The largest absolute Gasteiger partial charge is 0.378 e. The summed E-state index contributed by atoms with van der Waals surface area (Å²) in [7, 11) is 0. The van der Waals surface area contributed by atoms with E-state index in [1.165, 1.54) is 5.56 Å². The van der Waals surface area contributed by atoms with E-state index in [1.54, 1.807) is 0 Å². The Hall–Kier alpha value is -0.990. The fourth-order valence-electron chi connectivity index (χ4n) is 1.66. The van der Waals surface area contributed by atoms with Crippen molar-refractivity contribution in [3.63, 3.8) is 0 Å². The van der Waals surface area contributed by atoms with Crippen LogP contribution in [0.3, 0.4) is 0 Å². The lowest BCUT2D eigenvalue weighted by molar-refractivity contribution is 0.884. The zero-order valence-corrected chi connectivity index (χ0v) is 11.8. The fourth-order valence-corrected chi connectivity index (χ4v) is 2.46. The minimum atomic E-state index is 0.258. The molecule has 0 saturated heterocycles. The second-order valence-corrected chi connectivity index (χ2v) is 5.19. The van der Waals surface area contributed by atoms with Crippen molar-refractivity contribution in [2.75, 3.05) is 5.32 Å². The Kier molecular flexibility index (Phi) is 4.08. The second kappa shape index (κ2) is 5.56. The third kappa shape index (κ3) is 3.24. The van der Waals surface area contributed by atoms with Gasteiger partial charge in [0.2, 0.25) is 0 Å². The molecule has 1 N–H and O–H groups in total. The van der Waals surface area contributed by atoms with Gasteiger partial charge in [0.25, 0.3) is 0 Å².